The highest BCUT2D eigenvalue weighted by Gasteiger charge is 2.21. The predicted molar refractivity (Wildman–Crippen MR) is 60.9 cm³/mol. The van der Waals surface area contributed by atoms with Crippen LogP contribution in [0.4, 0.5) is 0 Å². The number of carbonyl (C=O) groups is 1. The fraction of sp³-hybridized carbons (Fsp3) is 0. The molecule has 0 saturated carbocycles. The Balaban J connectivity index is 2.55. The molecule has 18 heavy (non-hydrogen) atoms. The third kappa shape index (κ3) is 2.21. The molecule has 0 atom stereocenters. The number of hydrogen-bond acceptors (Lipinski definition) is 5. The van der Waals surface area contributed by atoms with Crippen molar-refractivity contribution in [1.82, 2.24) is 9.97 Å². The number of hydrogen-bond donors (Lipinski definition) is 1. The molecule has 1 heterocycles. The smallest absolute Gasteiger partial charge is 0.335 e. The lowest BCUT2D eigenvalue weighted by molar-refractivity contribution is 0.0696. The molecule has 0 bridgehead atoms. The summed E-state index contributed by atoms with van der Waals surface area (Å²) in [6, 6.07) is 6.55. The van der Waals surface area contributed by atoms with Crippen molar-refractivity contribution < 1.29 is 18.3 Å². The first kappa shape index (κ1) is 12.2. The van der Waals surface area contributed by atoms with Gasteiger partial charge in [-0.1, -0.05) is 6.07 Å². The van der Waals surface area contributed by atoms with Crippen LogP contribution in [0.15, 0.2) is 52.8 Å². The molecule has 2 rings (SSSR count). The van der Waals surface area contributed by atoms with Crippen LogP contribution in [0, 0.1) is 0 Å². The maximum Gasteiger partial charge on any atom is 0.335 e. The lowest BCUT2D eigenvalue weighted by Crippen LogP contribution is -2.08. The molecular formula is C11H8N2O4S. The van der Waals surface area contributed by atoms with E-state index >= 15 is 0 Å². The van der Waals surface area contributed by atoms with Crippen LogP contribution in [0.5, 0.6) is 0 Å². The molecule has 0 aliphatic carbocycles. The van der Waals surface area contributed by atoms with E-state index in [9.17, 15) is 13.2 Å². The molecule has 7 heteroatoms. The van der Waals surface area contributed by atoms with Gasteiger partial charge in [-0.25, -0.2) is 23.2 Å². The number of aromatic nitrogens is 2. The molecule has 0 radical (unpaired) electrons. The molecule has 0 saturated heterocycles. The average molecular weight is 264 g/mol. The van der Waals surface area contributed by atoms with E-state index in [1.165, 1.54) is 36.7 Å². The Morgan fingerprint density at radius 2 is 1.78 bits per heavy atom. The van der Waals surface area contributed by atoms with Crippen molar-refractivity contribution in [3.8, 4) is 0 Å². The van der Waals surface area contributed by atoms with Gasteiger partial charge in [-0.15, -0.1) is 0 Å². The third-order valence-corrected chi connectivity index (χ3v) is 3.74. The number of rotatable bonds is 3. The van der Waals surface area contributed by atoms with Gasteiger partial charge in [-0.05, 0) is 24.3 Å². The topological polar surface area (TPSA) is 97.2 Å². The monoisotopic (exact) mass is 264 g/mol. The average Bonchev–Trinajstić information content (AvgIpc) is 2.40. The van der Waals surface area contributed by atoms with Gasteiger partial charge in [-0.3, -0.25) is 0 Å². The second-order valence-electron chi connectivity index (χ2n) is 3.37. The second-order valence-corrected chi connectivity index (χ2v) is 5.21. The fourth-order valence-electron chi connectivity index (χ4n) is 1.33. The Kier molecular flexibility index (Phi) is 3.07. The summed E-state index contributed by atoms with van der Waals surface area (Å²) in [5.41, 5.74) is -0.105. The maximum absolute atomic E-state index is 12.1. The molecule has 0 spiro atoms. The van der Waals surface area contributed by atoms with Crippen LogP contribution in [0.3, 0.4) is 0 Å². The van der Waals surface area contributed by atoms with Gasteiger partial charge in [0.1, 0.15) is 0 Å². The minimum Gasteiger partial charge on any atom is -0.478 e. The predicted octanol–water partition coefficient (Wildman–Crippen LogP) is 1.01. The normalized spacial score (nSPS) is 11.1. The first-order chi connectivity index (χ1) is 8.51. The Hall–Kier alpha value is -2.28. The highest BCUT2D eigenvalue weighted by atomic mass is 32.2. The van der Waals surface area contributed by atoms with Gasteiger partial charge in [0, 0.05) is 12.4 Å². The van der Waals surface area contributed by atoms with Gasteiger partial charge >= 0.3 is 5.97 Å². The molecule has 1 aromatic carbocycles. The van der Waals surface area contributed by atoms with Gasteiger partial charge in [0.2, 0.25) is 9.84 Å². The minimum atomic E-state index is -3.88. The minimum absolute atomic E-state index is 0.105. The van der Waals surface area contributed by atoms with E-state index in [0.717, 1.165) is 6.07 Å². The Morgan fingerprint density at radius 3 is 2.39 bits per heavy atom. The Morgan fingerprint density at radius 1 is 1.11 bits per heavy atom. The van der Waals surface area contributed by atoms with E-state index in [1.807, 2.05) is 0 Å². The first-order valence-electron chi connectivity index (χ1n) is 4.87. The zero-order chi connectivity index (χ0) is 13.2. The van der Waals surface area contributed by atoms with E-state index in [1.54, 1.807) is 0 Å². The Labute approximate surface area is 103 Å². The van der Waals surface area contributed by atoms with Crippen LogP contribution in [-0.4, -0.2) is 29.5 Å². The SMILES string of the molecule is O=C(O)c1cccc(S(=O)(=O)c2ncccn2)c1. The van der Waals surface area contributed by atoms with E-state index < -0.39 is 15.8 Å². The molecule has 2 aromatic rings. The summed E-state index contributed by atoms with van der Waals surface area (Å²) in [6.07, 6.45) is 2.61. The molecule has 0 aliphatic rings. The van der Waals surface area contributed by atoms with Crippen molar-refractivity contribution in [3.05, 3.63) is 48.3 Å². The number of benzene rings is 1. The number of carboxylic acids is 1. The van der Waals surface area contributed by atoms with Crippen molar-refractivity contribution in [2.45, 2.75) is 10.1 Å². The molecular weight excluding hydrogens is 256 g/mol. The highest BCUT2D eigenvalue weighted by Crippen LogP contribution is 2.18. The molecule has 92 valence electrons. The molecule has 0 aliphatic heterocycles. The summed E-state index contributed by atoms with van der Waals surface area (Å²) in [5.74, 6) is -1.19. The van der Waals surface area contributed by atoms with E-state index in [2.05, 4.69) is 9.97 Å². The second kappa shape index (κ2) is 4.53. The standard InChI is InChI=1S/C11H8N2O4S/c14-10(15)8-3-1-4-9(7-8)18(16,17)11-12-5-2-6-13-11/h1-7H,(H,14,15). The zero-order valence-electron chi connectivity index (χ0n) is 9.02. The van der Waals surface area contributed by atoms with Gasteiger partial charge < -0.3 is 5.11 Å². The molecule has 0 amide bonds. The number of nitrogens with zero attached hydrogens (tertiary/aromatic N) is 2. The first-order valence-corrected chi connectivity index (χ1v) is 6.35. The molecule has 0 unspecified atom stereocenters. The summed E-state index contributed by atoms with van der Waals surface area (Å²) in [4.78, 5) is 18.0. The molecule has 0 fully saturated rings. The quantitative estimate of drug-likeness (QED) is 0.831. The van der Waals surface area contributed by atoms with Crippen molar-refractivity contribution >= 4 is 15.8 Å². The Bertz CT molecular complexity index is 683. The van der Waals surface area contributed by atoms with Crippen LogP contribution in [0.2, 0.25) is 0 Å². The van der Waals surface area contributed by atoms with Gasteiger partial charge in [0.05, 0.1) is 10.5 Å². The number of carboxylic acid groups (broad SMARTS) is 1. The van der Waals surface area contributed by atoms with E-state index in [4.69, 9.17) is 5.11 Å². The lowest BCUT2D eigenvalue weighted by Gasteiger charge is -2.03. The summed E-state index contributed by atoms with van der Waals surface area (Å²) >= 11 is 0. The van der Waals surface area contributed by atoms with Crippen LogP contribution < -0.4 is 0 Å². The summed E-state index contributed by atoms with van der Waals surface area (Å²) in [6.45, 7) is 0. The highest BCUT2D eigenvalue weighted by molar-refractivity contribution is 7.91. The molecule has 1 N–H and O–H groups in total. The largest absolute Gasteiger partial charge is 0.478 e. The van der Waals surface area contributed by atoms with Gasteiger partial charge in [0.25, 0.3) is 5.16 Å². The van der Waals surface area contributed by atoms with Crippen LogP contribution in [0.1, 0.15) is 10.4 Å². The van der Waals surface area contributed by atoms with Crippen molar-refractivity contribution in [2.24, 2.45) is 0 Å². The van der Waals surface area contributed by atoms with Crippen LogP contribution in [-0.2, 0) is 9.84 Å². The molecule has 1 aromatic heterocycles. The molecule has 6 nitrogen and oxygen atoms in total. The maximum atomic E-state index is 12.1. The van der Waals surface area contributed by atoms with Crippen molar-refractivity contribution in [1.29, 1.82) is 0 Å². The van der Waals surface area contributed by atoms with Crippen LogP contribution in [0.25, 0.3) is 0 Å². The summed E-state index contributed by atoms with van der Waals surface area (Å²) < 4.78 is 24.2. The summed E-state index contributed by atoms with van der Waals surface area (Å²) in [5, 5.41) is 8.47. The van der Waals surface area contributed by atoms with Crippen LogP contribution >= 0.6 is 0 Å². The number of aromatic carboxylic acids is 1. The lowest BCUT2D eigenvalue weighted by atomic mass is 10.2. The van der Waals surface area contributed by atoms with E-state index in [0.29, 0.717) is 0 Å². The van der Waals surface area contributed by atoms with Gasteiger partial charge in [0.15, 0.2) is 0 Å². The fourth-order valence-corrected chi connectivity index (χ4v) is 2.48. The summed E-state index contributed by atoms with van der Waals surface area (Å²) in [7, 11) is -3.88. The van der Waals surface area contributed by atoms with Crippen molar-refractivity contribution in [2.75, 3.05) is 0 Å². The van der Waals surface area contributed by atoms with E-state index in [-0.39, 0.29) is 15.6 Å². The third-order valence-electron chi connectivity index (χ3n) is 2.17. The van der Waals surface area contributed by atoms with Crippen molar-refractivity contribution in [3.63, 3.8) is 0 Å². The number of sulfone groups is 1. The van der Waals surface area contributed by atoms with Gasteiger partial charge in [-0.2, -0.15) is 0 Å². The zero-order valence-corrected chi connectivity index (χ0v) is 9.83.